The molecule has 0 amide bonds. The monoisotopic (exact) mass is 470 g/mol. The molecule has 0 N–H and O–H groups in total. The minimum Gasteiger partial charge on any atom is -0.256 e. The van der Waals surface area contributed by atoms with E-state index in [0.717, 1.165) is 22.1 Å². The van der Waals surface area contributed by atoms with E-state index in [9.17, 15) is 0 Å². The van der Waals surface area contributed by atoms with Gasteiger partial charge in [0.25, 0.3) is 0 Å². The van der Waals surface area contributed by atoms with E-state index in [-0.39, 0.29) is 0 Å². The van der Waals surface area contributed by atoms with Crippen LogP contribution in [0.25, 0.3) is 10.8 Å². The Labute approximate surface area is 194 Å². The summed E-state index contributed by atoms with van der Waals surface area (Å²) in [6.45, 7) is 0. The third-order valence-electron chi connectivity index (χ3n) is 4.54. The molecule has 0 atom stereocenters. The summed E-state index contributed by atoms with van der Waals surface area (Å²) in [5.74, 6) is 0. The van der Waals surface area contributed by atoms with Crippen LogP contribution < -0.4 is 0 Å². The summed E-state index contributed by atoms with van der Waals surface area (Å²) in [6, 6.07) is 22.5. The highest BCUT2D eigenvalue weighted by molar-refractivity contribution is 6.39. The number of nitrogens with zero attached hydrogens (tertiary/aromatic N) is 2. The van der Waals surface area contributed by atoms with E-state index in [4.69, 9.17) is 46.4 Å². The first-order valence-corrected chi connectivity index (χ1v) is 10.5. The summed E-state index contributed by atoms with van der Waals surface area (Å²) in [4.78, 5) is 9.25. The molecular weight excluding hydrogens is 458 g/mol. The molecule has 0 radical (unpaired) electrons. The Balaban J connectivity index is 1.75. The van der Waals surface area contributed by atoms with E-state index >= 15 is 0 Å². The summed E-state index contributed by atoms with van der Waals surface area (Å²) in [7, 11) is 0. The van der Waals surface area contributed by atoms with Gasteiger partial charge in [0.1, 0.15) is 0 Å². The van der Waals surface area contributed by atoms with Gasteiger partial charge in [-0.1, -0.05) is 82.8 Å². The number of rotatable bonds is 4. The standard InChI is InChI=1S/C24H14Cl4N2/c25-19-7-3-8-20(26)17(19)13-29-23-11-1-5-15-16(23)6-2-12-24(15)30-14-18-21(27)9-4-10-22(18)28/h1-14H. The van der Waals surface area contributed by atoms with Crippen molar-refractivity contribution in [3.63, 3.8) is 0 Å². The molecule has 0 spiro atoms. The topological polar surface area (TPSA) is 24.7 Å². The van der Waals surface area contributed by atoms with Gasteiger partial charge in [-0.2, -0.15) is 0 Å². The number of halogens is 4. The summed E-state index contributed by atoms with van der Waals surface area (Å²) in [5.41, 5.74) is 2.94. The van der Waals surface area contributed by atoms with Gasteiger partial charge in [0.05, 0.1) is 31.5 Å². The summed E-state index contributed by atoms with van der Waals surface area (Å²) in [6.07, 6.45) is 3.36. The normalized spacial score (nSPS) is 11.7. The fraction of sp³-hybridized carbons (Fsp3) is 0. The van der Waals surface area contributed by atoms with Crippen LogP contribution in [0.4, 0.5) is 11.4 Å². The minimum absolute atomic E-state index is 0.549. The van der Waals surface area contributed by atoms with Crippen LogP contribution in [0.3, 0.4) is 0 Å². The molecule has 6 heteroatoms. The molecule has 0 saturated carbocycles. The largest absolute Gasteiger partial charge is 0.256 e. The SMILES string of the molecule is Clc1cccc(Cl)c1C=Nc1cccc2c(N=Cc3c(Cl)cccc3Cl)cccc12. The van der Waals surface area contributed by atoms with Crippen molar-refractivity contribution in [3.05, 3.63) is 104 Å². The lowest BCUT2D eigenvalue weighted by Gasteiger charge is -2.06. The van der Waals surface area contributed by atoms with E-state index < -0.39 is 0 Å². The zero-order valence-corrected chi connectivity index (χ0v) is 18.5. The van der Waals surface area contributed by atoms with Crippen molar-refractivity contribution in [3.8, 4) is 0 Å². The summed E-state index contributed by atoms with van der Waals surface area (Å²) < 4.78 is 0. The molecule has 4 aromatic rings. The Kier molecular flexibility index (Phi) is 6.40. The van der Waals surface area contributed by atoms with Crippen molar-refractivity contribution in [2.75, 3.05) is 0 Å². The smallest absolute Gasteiger partial charge is 0.0709 e. The molecule has 148 valence electrons. The molecule has 0 aliphatic rings. The minimum atomic E-state index is 0.549. The van der Waals surface area contributed by atoms with Crippen molar-refractivity contribution in [1.29, 1.82) is 0 Å². The summed E-state index contributed by atoms with van der Waals surface area (Å²) >= 11 is 25.0. The van der Waals surface area contributed by atoms with Gasteiger partial charge >= 0.3 is 0 Å². The van der Waals surface area contributed by atoms with Gasteiger partial charge in [-0.15, -0.1) is 0 Å². The lowest BCUT2D eigenvalue weighted by Crippen LogP contribution is -1.86. The molecule has 0 bridgehead atoms. The zero-order chi connectivity index (χ0) is 21.1. The van der Waals surface area contributed by atoms with E-state index in [1.54, 1.807) is 48.8 Å². The maximum absolute atomic E-state index is 6.25. The van der Waals surface area contributed by atoms with Crippen molar-refractivity contribution in [2.24, 2.45) is 9.98 Å². The number of hydrogen-bond acceptors (Lipinski definition) is 2. The fourth-order valence-electron chi connectivity index (χ4n) is 3.04. The number of benzene rings is 4. The third-order valence-corrected chi connectivity index (χ3v) is 5.86. The highest BCUT2D eigenvalue weighted by atomic mass is 35.5. The Morgan fingerprint density at radius 3 is 1.17 bits per heavy atom. The fourth-order valence-corrected chi connectivity index (χ4v) is 4.03. The number of hydrogen-bond donors (Lipinski definition) is 0. The second-order valence-electron chi connectivity index (χ2n) is 6.44. The molecule has 4 aromatic carbocycles. The second-order valence-corrected chi connectivity index (χ2v) is 8.07. The van der Waals surface area contributed by atoms with E-state index in [0.29, 0.717) is 31.2 Å². The van der Waals surface area contributed by atoms with Gasteiger partial charge < -0.3 is 0 Å². The average Bonchev–Trinajstić information content (AvgIpc) is 2.73. The Hall–Kier alpha value is -2.36. The van der Waals surface area contributed by atoms with Gasteiger partial charge in [0, 0.05) is 34.3 Å². The van der Waals surface area contributed by atoms with Crippen LogP contribution in [0.15, 0.2) is 82.8 Å². The van der Waals surface area contributed by atoms with Crippen LogP contribution in [0, 0.1) is 0 Å². The van der Waals surface area contributed by atoms with E-state index in [1.807, 2.05) is 36.4 Å². The van der Waals surface area contributed by atoms with Gasteiger partial charge in [-0.25, -0.2) is 0 Å². The van der Waals surface area contributed by atoms with Crippen LogP contribution in [-0.4, -0.2) is 12.4 Å². The van der Waals surface area contributed by atoms with Crippen molar-refractivity contribution in [1.82, 2.24) is 0 Å². The molecular formula is C24H14Cl4N2. The van der Waals surface area contributed by atoms with Crippen molar-refractivity contribution >= 4 is 81.0 Å². The van der Waals surface area contributed by atoms with Crippen LogP contribution in [0.1, 0.15) is 11.1 Å². The van der Waals surface area contributed by atoms with Gasteiger partial charge in [0.2, 0.25) is 0 Å². The molecule has 2 nitrogen and oxygen atoms in total. The first-order valence-electron chi connectivity index (χ1n) is 9.02. The predicted octanol–water partition coefficient (Wildman–Crippen LogP) is 8.95. The van der Waals surface area contributed by atoms with Crippen LogP contribution >= 0.6 is 46.4 Å². The lowest BCUT2D eigenvalue weighted by atomic mass is 10.1. The molecule has 0 aliphatic carbocycles. The maximum atomic E-state index is 6.25. The Morgan fingerprint density at radius 1 is 0.467 bits per heavy atom. The van der Waals surface area contributed by atoms with Crippen LogP contribution in [0.2, 0.25) is 20.1 Å². The Morgan fingerprint density at radius 2 is 0.800 bits per heavy atom. The summed E-state index contributed by atoms with van der Waals surface area (Å²) in [5, 5.41) is 4.11. The molecule has 0 saturated heterocycles. The highest BCUT2D eigenvalue weighted by Gasteiger charge is 2.07. The number of aliphatic imine (C=N–C) groups is 2. The van der Waals surface area contributed by atoms with Crippen LogP contribution in [0.5, 0.6) is 0 Å². The second kappa shape index (κ2) is 9.20. The third kappa shape index (κ3) is 4.38. The average molecular weight is 472 g/mol. The quantitative estimate of drug-likeness (QED) is 0.265. The van der Waals surface area contributed by atoms with Gasteiger partial charge in [-0.3, -0.25) is 9.98 Å². The maximum Gasteiger partial charge on any atom is 0.0709 e. The Bertz CT molecular complexity index is 1150. The molecule has 30 heavy (non-hydrogen) atoms. The molecule has 4 rings (SSSR count). The lowest BCUT2D eigenvalue weighted by molar-refractivity contribution is 1.53. The number of fused-ring (bicyclic) bond motifs is 1. The molecule has 0 aliphatic heterocycles. The molecule has 0 unspecified atom stereocenters. The first-order chi connectivity index (χ1) is 14.5. The van der Waals surface area contributed by atoms with Crippen molar-refractivity contribution < 1.29 is 0 Å². The molecule has 0 aromatic heterocycles. The van der Waals surface area contributed by atoms with Gasteiger partial charge in [-0.05, 0) is 36.4 Å². The predicted molar refractivity (Wildman–Crippen MR) is 131 cm³/mol. The zero-order valence-electron chi connectivity index (χ0n) is 15.5. The molecule has 0 fully saturated rings. The van der Waals surface area contributed by atoms with Crippen LogP contribution in [-0.2, 0) is 0 Å². The first kappa shape index (κ1) is 20.9. The highest BCUT2D eigenvalue weighted by Crippen LogP contribution is 2.33. The van der Waals surface area contributed by atoms with Crippen molar-refractivity contribution in [2.45, 2.75) is 0 Å². The molecule has 0 heterocycles. The van der Waals surface area contributed by atoms with E-state index in [2.05, 4.69) is 9.98 Å². The van der Waals surface area contributed by atoms with Gasteiger partial charge in [0.15, 0.2) is 0 Å². The van der Waals surface area contributed by atoms with E-state index in [1.165, 1.54) is 0 Å².